The Balaban J connectivity index is 1.80. The van der Waals surface area contributed by atoms with Crippen molar-refractivity contribution in [3.63, 3.8) is 0 Å². The van der Waals surface area contributed by atoms with Crippen LogP contribution in [0.25, 0.3) is 0 Å². The maximum atomic E-state index is 11.8. The number of nitrogens with one attached hydrogen (secondary N) is 1. The molecule has 21 heavy (non-hydrogen) atoms. The smallest absolute Gasteiger partial charge is 0.183 e. The van der Waals surface area contributed by atoms with Crippen molar-refractivity contribution in [3.8, 4) is 11.2 Å². The highest BCUT2D eigenvalue weighted by Crippen LogP contribution is 2.00. The molecule has 2 aromatic carbocycles. The van der Waals surface area contributed by atoms with Crippen molar-refractivity contribution in [1.29, 1.82) is 0 Å². The van der Waals surface area contributed by atoms with E-state index in [-0.39, 0.29) is 0 Å². The summed E-state index contributed by atoms with van der Waals surface area (Å²) < 4.78 is 25.9. The zero-order chi connectivity index (χ0) is 14.9. The Bertz CT molecular complexity index is 676. The lowest BCUT2D eigenvalue weighted by atomic mass is 10.2. The number of aryl methyl sites for hydroxylation is 1. The molecule has 0 radical (unpaired) electrons. The van der Waals surface area contributed by atoms with Gasteiger partial charge in [-0.05, 0) is 24.1 Å². The molecule has 0 bridgehead atoms. The molecule has 2 unspecified atom stereocenters. The van der Waals surface area contributed by atoms with Gasteiger partial charge in [-0.1, -0.05) is 54.5 Å². The fraction of sp³-hybridized carbons (Fsp3) is 0.125. The zero-order valence-corrected chi connectivity index (χ0v) is 13.0. The molecule has 1 N–H and O–H groups in total. The van der Waals surface area contributed by atoms with Gasteiger partial charge in [-0.2, -0.15) is 0 Å². The number of rotatable bonds is 5. The summed E-state index contributed by atoms with van der Waals surface area (Å²) in [5, 5.41) is 2.55. The molecule has 0 fully saturated rings. The molecule has 5 heteroatoms. The van der Waals surface area contributed by atoms with E-state index in [4.69, 9.17) is 0 Å². The molecule has 0 aliphatic heterocycles. The Morgan fingerprint density at radius 2 is 1.52 bits per heavy atom. The third-order valence-electron chi connectivity index (χ3n) is 2.65. The Morgan fingerprint density at radius 3 is 2.19 bits per heavy atom. The topological polar surface area (TPSA) is 46.2 Å². The highest BCUT2D eigenvalue weighted by Gasteiger charge is 2.03. The summed E-state index contributed by atoms with van der Waals surface area (Å²) in [6, 6.07) is 19.0. The van der Waals surface area contributed by atoms with Gasteiger partial charge >= 0.3 is 0 Å². The first-order valence-corrected chi connectivity index (χ1v) is 8.88. The molecule has 2 atom stereocenters. The first-order valence-electron chi connectivity index (χ1n) is 6.41. The van der Waals surface area contributed by atoms with Crippen LogP contribution in [0.3, 0.4) is 0 Å². The molecule has 0 spiro atoms. The van der Waals surface area contributed by atoms with E-state index in [2.05, 4.69) is 15.3 Å². The number of benzene rings is 2. The maximum Gasteiger partial charge on any atom is 0.183 e. The Morgan fingerprint density at radius 1 is 0.905 bits per heavy atom. The van der Waals surface area contributed by atoms with Gasteiger partial charge in [0.25, 0.3) is 0 Å². The van der Waals surface area contributed by atoms with Crippen molar-refractivity contribution >= 4 is 22.0 Å². The summed E-state index contributed by atoms with van der Waals surface area (Å²) in [5.74, 6) is 3.18. The lowest BCUT2D eigenvalue weighted by molar-refractivity contribution is 0.674. The average molecular weight is 317 g/mol. The minimum absolute atomic E-state index is 0.406. The molecule has 108 valence electrons. The van der Waals surface area contributed by atoms with Crippen LogP contribution in [0.5, 0.6) is 0 Å². The van der Waals surface area contributed by atoms with Gasteiger partial charge < -0.3 is 0 Å². The van der Waals surface area contributed by atoms with E-state index in [9.17, 15) is 8.42 Å². The van der Waals surface area contributed by atoms with Crippen molar-refractivity contribution in [3.05, 3.63) is 71.8 Å². The van der Waals surface area contributed by atoms with E-state index in [1.165, 1.54) is 0 Å². The largest absolute Gasteiger partial charge is 0.242 e. The SMILES string of the molecule is O=S(C#Cc1ccccc1)NS(=O)CCc1ccccc1. The Kier molecular flexibility index (Phi) is 6.35. The minimum atomic E-state index is -1.62. The van der Waals surface area contributed by atoms with E-state index in [1.54, 1.807) is 0 Å². The monoisotopic (exact) mass is 317 g/mol. The van der Waals surface area contributed by atoms with Crippen molar-refractivity contribution in [2.75, 3.05) is 5.75 Å². The standard InChI is InChI=1S/C16H15NO2S2/c18-20(13-11-15-7-3-1-4-8-15)17-21(19)14-12-16-9-5-2-6-10-16/h1-10,17H,11,13H2. The normalized spacial score (nSPS) is 13.0. The van der Waals surface area contributed by atoms with Crippen LogP contribution in [0.2, 0.25) is 0 Å². The van der Waals surface area contributed by atoms with Gasteiger partial charge in [0.15, 0.2) is 11.0 Å². The third kappa shape index (κ3) is 6.05. The van der Waals surface area contributed by atoms with E-state index >= 15 is 0 Å². The second-order valence-electron chi connectivity index (χ2n) is 4.23. The van der Waals surface area contributed by atoms with E-state index < -0.39 is 22.0 Å². The predicted octanol–water partition coefficient (Wildman–Crippen LogP) is 2.16. The molecular formula is C16H15NO2S2. The minimum Gasteiger partial charge on any atom is -0.242 e. The van der Waals surface area contributed by atoms with Crippen molar-refractivity contribution < 1.29 is 8.42 Å². The second-order valence-corrected chi connectivity index (χ2v) is 6.74. The average Bonchev–Trinajstić information content (AvgIpc) is 2.53. The summed E-state index contributed by atoms with van der Waals surface area (Å²) in [4.78, 5) is 0. The van der Waals surface area contributed by atoms with E-state index in [0.29, 0.717) is 12.2 Å². The van der Waals surface area contributed by atoms with Gasteiger partial charge in [-0.15, -0.1) is 4.13 Å². The van der Waals surface area contributed by atoms with Crippen LogP contribution in [-0.4, -0.2) is 14.2 Å². The lowest BCUT2D eigenvalue weighted by Crippen LogP contribution is -2.22. The van der Waals surface area contributed by atoms with Gasteiger partial charge in [-0.3, -0.25) is 0 Å². The van der Waals surface area contributed by atoms with Gasteiger partial charge in [-0.25, -0.2) is 8.42 Å². The number of hydrogen-bond acceptors (Lipinski definition) is 2. The molecule has 3 nitrogen and oxygen atoms in total. The van der Waals surface area contributed by atoms with Crippen LogP contribution >= 0.6 is 0 Å². The Labute approximate surface area is 130 Å². The fourth-order valence-electron chi connectivity index (χ4n) is 1.63. The highest BCUT2D eigenvalue weighted by molar-refractivity contribution is 8.00. The van der Waals surface area contributed by atoms with Gasteiger partial charge in [0, 0.05) is 16.6 Å². The van der Waals surface area contributed by atoms with Crippen molar-refractivity contribution in [2.24, 2.45) is 0 Å². The van der Waals surface area contributed by atoms with Crippen molar-refractivity contribution in [1.82, 2.24) is 4.13 Å². The van der Waals surface area contributed by atoms with Gasteiger partial charge in [0.1, 0.15) is 11.0 Å². The molecule has 0 aliphatic rings. The molecule has 2 aromatic rings. The summed E-state index contributed by atoms with van der Waals surface area (Å²) >= 11 is 0. The summed E-state index contributed by atoms with van der Waals surface area (Å²) in [6.07, 6.45) is 0.670. The lowest BCUT2D eigenvalue weighted by Gasteiger charge is -2.01. The van der Waals surface area contributed by atoms with Crippen LogP contribution in [0.4, 0.5) is 0 Å². The second kappa shape index (κ2) is 8.53. The molecule has 0 saturated carbocycles. The summed E-state index contributed by atoms with van der Waals surface area (Å²) in [5.41, 5.74) is 1.89. The van der Waals surface area contributed by atoms with Gasteiger partial charge in [0.05, 0.1) is 0 Å². The highest BCUT2D eigenvalue weighted by atomic mass is 32.3. The van der Waals surface area contributed by atoms with Crippen LogP contribution < -0.4 is 4.13 Å². The van der Waals surface area contributed by atoms with E-state index in [0.717, 1.165) is 11.1 Å². The molecule has 0 aliphatic carbocycles. The molecule has 0 heterocycles. The maximum absolute atomic E-state index is 11.8. The first kappa shape index (κ1) is 15.6. The molecule has 0 saturated heterocycles. The summed E-state index contributed by atoms with van der Waals surface area (Å²) in [7, 11) is -2.98. The predicted molar refractivity (Wildman–Crippen MR) is 87.8 cm³/mol. The summed E-state index contributed by atoms with van der Waals surface area (Å²) in [6.45, 7) is 0. The van der Waals surface area contributed by atoms with Crippen molar-refractivity contribution in [2.45, 2.75) is 6.42 Å². The molecule has 0 aromatic heterocycles. The van der Waals surface area contributed by atoms with Gasteiger partial charge in [0.2, 0.25) is 0 Å². The Hall–Kier alpha value is -1.74. The third-order valence-corrected chi connectivity index (χ3v) is 4.86. The van der Waals surface area contributed by atoms with Crippen LogP contribution in [-0.2, 0) is 28.4 Å². The van der Waals surface area contributed by atoms with Crippen LogP contribution in [0.1, 0.15) is 11.1 Å². The number of hydrogen-bond donors (Lipinski definition) is 1. The molecular weight excluding hydrogens is 302 g/mol. The fourth-order valence-corrected chi connectivity index (χ4v) is 3.44. The first-order chi connectivity index (χ1) is 10.2. The molecule has 0 amide bonds. The molecule has 2 rings (SSSR count). The van der Waals surface area contributed by atoms with Crippen LogP contribution in [0.15, 0.2) is 60.7 Å². The zero-order valence-electron chi connectivity index (χ0n) is 11.3. The van der Waals surface area contributed by atoms with E-state index in [1.807, 2.05) is 60.7 Å². The quantitative estimate of drug-likeness (QED) is 0.859. The van der Waals surface area contributed by atoms with Crippen LogP contribution in [0, 0.1) is 11.2 Å².